The zero-order chi connectivity index (χ0) is 30.4. The van der Waals surface area contributed by atoms with Crippen LogP contribution in [0.3, 0.4) is 0 Å². The molecular formula is C30H28F4N4O3S. The van der Waals surface area contributed by atoms with E-state index in [4.69, 9.17) is 0 Å². The third-order valence-electron chi connectivity index (χ3n) is 7.59. The Labute approximate surface area is 243 Å². The van der Waals surface area contributed by atoms with Crippen molar-refractivity contribution in [2.75, 3.05) is 5.32 Å². The van der Waals surface area contributed by atoms with Gasteiger partial charge >= 0.3 is 12.1 Å². The van der Waals surface area contributed by atoms with Gasteiger partial charge in [-0.15, -0.1) is 11.3 Å². The highest BCUT2D eigenvalue weighted by Gasteiger charge is 2.49. The van der Waals surface area contributed by atoms with Crippen molar-refractivity contribution in [2.24, 2.45) is 11.3 Å². The number of hydrogen-bond donors (Lipinski definition) is 3. The second-order valence-electron chi connectivity index (χ2n) is 11.3. The van der Waals surface area contributed by atoms with Gasteiger partial charge in [-0.05, 0) is 79.1 Å². The number of carboxylic acid groups (broad SMARTS) is 1. The highest BCUT2D eigenvalue weighted by molar-refractivity contribution is 7.15. The fraction of sp³-hybridized carbons (Fsp3) is 0.333. The summed E-state index contributed by atoms with van der Waals surface area (Å²) in [6, 6.07) is 10.4. The molecule has 1 fully saturated rings. The molecule has 3 N–H and O–H groups in total. The number of carbonyl (C=O) groups is 1. The number of aliphatic hydroxyl groups is 1. The molecule has 0 aliphatic heterocycles. The molecule has 7 nitrogen and oxygen atoms in total. The van der Waals surface area contributed by atoms with Crippen LogP contribution in [0.5, 0.6) is 0 Å². The Morgan fingerprint density at radius 1 is 1.10 bits per heavy atom. The van der Waals surface area contributed by atoms with Crippen LogP contribution in [0.2, 0.25) is 0 Å². The number of thiazole rings is 1. The molecule has 0 bridgehead atoms. The molecule has 1 aliphatic rings. The Kier molecular flexibility index (Phi) is 7.56. The van der Waals surface area contributed by atoms with Crippen LogP contribution >= 0.6 is 11.3 Å². The second-order valence-corrected chi connectivity index (χ2v) is 12.4. The van der Waals surface area contributed by atoms with Crippen molar-refractivity contribution in [3.05, 3.63) is 76.9 Å². The topological polar surface area (TPSA) is 108 Å². The van der Waals surface area contributed by atoms with Crippen LogP contribution in [-0.4, -0.2) is 31.1 Å². The van der Waals surface area contributed by atoms with Crippen LogP contribution in [0.15, 0.2) is 54.9 Å². The molecule has 2 heterocycles. The van der Waals surface area contributed by atoms with Gasteiger partial charge in [0.2, 0.25) is 5.95 Å². The summed E-state index contributed by atoms with van der Waals surface area (Å²) in [4.78, 5) is 24.3. The molecule has 0 saturated heterocycles. The molecule has 4 aromatic rings. The molecule has 1 saturated carbocycles. The summed E-state index contributed by atoms with van der Waals surface area (Å²) in [6.07, 6.45) is -1.35. The van der Waals surface area contributed by atoms with Gasteiger partial charge in [-0.1, -0.05) is 25.5 Å². The molecule has 0 spiro atoms. The highest BCUT2D eigenvalue weighted by atomic mass is 32.1. The summed E-state index contributed by atoms with van der Waals surface area (Å²) >= 11 is 1.22. The average molecular weight is 601 g/mol. The van der Waals surface area contributed by atoms with E-state index in [0.29, 0.717) is 38.7 Å². The third kappa shape index (κ3) is 6.00. The molecule has 0 radical (unpaired) electrons. The average Bonchev–Trinajstić information content (AvgIpc) is 3.40. The number of benzene rings is 2. The van der Waals surface area contributed by atoms with Gasteiger partial charge in [0.25, 0.3) is 0 Å². The van der Waals surface area contributed by atoms with E-state index in [2.05, 4.69) is 20.3 Å². The Morgan fingerprint density at radius 2 is 1.83 bits per heavy atom. The zero-order valence-electron chi connectivity index (χ0n) is 23.0. The van der Waals surface area contributed by atoms with Gasteiger partial charge in [0.05, 0.1) is 10.8 Å². The maximum absolute atomic E-state index is 14.9. The second kappa shape index (κ2) is 10.7. The van der Waals surface area contributed by atoms with E-state index in [9.17, 15) is 32.6 Å². The summed E-state index contributed by atoms with van der Waals surface area (Å²) in [5.74, 6) is -2.25. The van der Waals surface area contributed by atoms with Gasteiger partial charge in [0.15, 0.2) is 0 Å². The molecule has 12 heteroatoms. The first-order chi connectivity index (χ1) is 19.6. The first kappa shape index (κ1) is 29.6. The third-order valence-corrected chi connectivity index (χ3v) is 8.83. The van der Waals surface area contributed by atoms with E-state index in [1.165, 1.54) is 17.4 Å². The summed E-state index contributed by atoms with van der Waals surface area (Å²) < 4.78 is 54.7. The van der Waals surface area contributed by atoms with Crippen LogP contribution in [0.1, 0.15) is 49.4 Å². The number of nitrogens with zero attached hydrogens (tertiary/aromatic N) is 3. The molecule has 2 atom stereocenters. The van der Waals surface area contributed by atoms with Gasteiger partial charge in [-0.25, -0.2) is 19.3 Å². The quantitative estimate of drug-likeness (QED) is 0.196. The predicted molar refractivity (Wildman–Crippen MR) is 151 cm³/mol. The molecule has 1 aliphatic carbocycles. The Morgan fingerprint density at radius 3 is 2.52 bits per heavy atom. The van der Waals surface area contributed by atoms with E-state index in [0.717, 1.165) is 17.8 Å². The lowest BCUT2D eigenvalue weighted by Gasteiger charge is -2.44. The van der Waals surface area contributed by atoms with Gasteiger partial charge in [0, 0.05) is 23.6 Å². The minimum absolute atomic E-state index is 0.207. The maximum atomic E-state index is 14.9. The van der Waals surface area contributed by atoms with Gasteiger partial charge in [0.1, 0.15) is 22.1 Å². The molecule has 2 aromatic heterocycles. The lowest BCUT2D eigenvalue weighted by Crippen LogP contribution is -2.44. The minimum atomic E-state index is -4.66. The summed E-state index contributed by atoms with van der Waals surface area (Å²) in [6.45, 7) is 5.45. The minimum Gasteiger partial charge on any atom is -0.481 e. The van der Waals surface area contributed by atoms with Gasteiger partial charge in [-0.2, -0.15) is 13.2 Å². The van der Waals surface area contributed by atoms with E-state index >= 15 is 0 Å². The monoisotopic (exact) mass is 600 g/mol. The van der Waals surface area contributed by atoms with Gasteiger partial charge in [-0.3, -0.25) is 4.79 Å². The lowest BCUT2D eigenvalue weighted by molar-refractivity contribution is -0.154. The number of carboxylic acids is 1. The summed E-state index contributed by atoms with van der Waals surface area (Å²) in [5, 5.41) is 24.4. The van der Waals surface area contributed by atoms with Crippen molar-refractivity contribution < 1.29 is 32.6 Å². The predicted octanol–water partition coefficient (Wildman–Crippen LogP) is 7.58. The van der Waals surface area contributed by atoms with Crippen molar-refractivity contribution in [1.29, 1.82) is 0 Å². The smallest absolute Gasteiger partial charge is 0.433 e. The number of aromatic nitrogens is 3. The number of alkyl halides is 3. The number of hydrogen-bond acceptors (Lipinski definition) is 7. The molecule has 2 unspecified atom stereocenters. The summed E-state index contributed by atoms with van der Waals surface area (Å²) in [7, 11) is 0. The maximum Gasteiger partial charge on any atom is 0.433 e. The largest absolute Gasteiger partial charge is 0.481 e. The standard InChI is InChI=1S/C30H28F4N4O3S/c1-16-4-5-22(31)20(10-16)17-11-18(13-19(12-17)37-27-35-9-7-24(38-27)30(32,33)34)23-14-36-26(42-23)29(41)8-6-21(25(39)40)28(2,3)15-29/h4-5,7,9-14,21,41H,6,8,15H2,1-3H3,(H,39,40)(H,35,37,38). The number of halogens is 4. The fourth-order valence-electron chi connectivity index (χ4n) is 5.57. The van der Waals surface area contributed by atoms with Crippen molar-refractivity contribution in [2.45, 2.75) is 51.8 Å². The van der Waals surface area contributed by atoms with Crippen LogP contribution < -0.4 is 5.32 Å². The number of nitrogens with one attached hydrogen (secondary N) is 1. The molecule has 220 valence electrons. The van der Waals surface area contributed by atoms with E-state index in [1.807, 2.05) is 20.8 Å². The first-order valence-electron chi connectivity index (χ1n) is 13.2. The Bertz CT molecular complexity index is 1660. The lowest BCUT2D eigenvalue weighted by atomic mass is 9.63. The Hall–Kier alpha value is -3.90. The number of aryl methyl sites for hydroxylation is 1. The van der Waals surface area contributed by atoms with Crippen molar-refractivity contribution >= 4 is 28.9 Å². The van der Waals surface area contributed by atoms with Crippen LogP contribution in [0, 0.1) is 24.1 Å². The zero-order valence-corrected chi connectivity index (χ0v) is 23.8. The SMILES string of the molecule is Cc1ccc(F)c(-c2cc(Nc3nccc(C(F)(F)F)n3)cc(-c3cnc(C4(O)CCC(C(=O)O)C(C)(C)C4)s3)c2)c1. The highest BCUT2D eigenvalue weighted by Crippen LogP contribution is 2.51. The molecular weight excluding hydrogens is 572 g/mol. The number of anilines is 2. The molecule has 42 heavy (non-hydrogen) atoms. The normalized spacial score (nSPS) is 20.3. The van der Waals surface area contributed by atoms with Crippen LogP contribution in [0.25, 0.3) is 21.6 Å². The van der Waals surface area contributed by atoms with E-state index < -0.39 is 40.6 Å². The van der Waals surface area contributed by atoms with Crippen LogP contribution in [0.4, 0.5) is 29.2 Å². The molecule has 5 rings (SSSR count). The number of aliphatic carboxylic acids is 1. The fourth-order valence-corrected chi connectivity index (χ4v) is 6.58. The summed E-state index contributed by atoms with van der Waals surface area (Å²) in [5.41, 5.74) is -0.646. The van der Waals surface area contributed by atoms with Crippen LogP contribution in [-0.2, 0) is 16.6 Å². The van der Waals surface area contributed by atoms with Gasteiger partial charge < -0.3 is 15.5 Å². The molecule has 0 amide bonds. The van der Waals surface area contributed by atoms with E-state index in [-0.39, 0.29) is 18.8 Å². The van der Waals surface area contributed by atoms with Crippen molar-refractivity contribution in [1.82, 2.24) is 15.0 Å². The first-order valence-corrected chi connectivity index (χ1v) is 14.0. The van der Waals surface area contributed by atoms with Crippen molar-refractivity contribution in [3.8, 4) is 21.6 Å². The Balaban J connectivity index is 1.55. The molecule has 2 aromatic carbocycles. The van der Waals surface area contributed by atoms with Crippen molar-refractivity contribution in [3.63, 3.8) is 0 Å². The van der Waals surface area contributed by atoms with E-state index in [1.54, 1.807) is 36.5 Å². The number of rotatable bonds is 6.